The van der Waals surface area contributed by atoms with Crippen LogP contribution < -0.4 is 17.0 Å². The van der Waals surface area contributed by atoms with Gasteiger partial charge in [0, 0.05) is 30.5 Å². The SMILES string of the molecule is C=CCn1c(SCC(=O)c2c(N)n(C3CC3)c(=O)[nH]c2=O)nnc1-c1ccncc1. The van der Waals surface area contributed by atoms with E-state index < -0.39 is 17.0 Å². The Labute approximate surface area is 174 Å². The standard InChI is InChI=1S/C19H19N7O3S/c1-2-9-25-16(11-5-7-21-8-6-11)23-24-19(25)30-10-13(27)14-15(20)26(12-3-4-12)18(29)22-17(14)28/h2,5-8,12H,1,3-4,9-10,20H2,(H,22,28,29). The van der Waals surface area contributed by atoms with E-state index in [1.807, 2.05) is 16.7 Å². The summed E-state index contributed by atoms with van der Waals surface area (Å²) in [7, 11) is 0. The van der Waals surface area contributed by atoms with E-state index in [4.69, 9.17) is 5.73 Å². The molecule has 30 heavy (non-hydrogen) atoms. The molecule has 10 nitrogen and oxygen atoms in total. The number of carbonyl (C=O) groups excluding carboxylic acids is 1. The number of aromatic nitrogens is 6. The molecule has 3 N–H and O–H groups in total. The van der Waals surface area contributed by atoms with Crippen LogP contribution in [0.3, 0.4) is 0 Å². The molecule has 0 aromatic carbocycles. The maximum atomic E-state index is 12.8. The van der Waals surface area contributed by atoms with Crippen molar-refractivity contribution < 1.29 is 4.79 Å². The molecule has 11 heteroatoms. The minimum absolute atomic E-state index is 0.0628. The Bertz CT molecular complexity index is 1230. The summed E-state index contributed by atoms with van der Waals surface area (Å²) in [4.78, 5) is 43.2. The van der Waals surface area contributed by atoms with Gasteiger partial charge in [-0.3, -0.25) is 28.7 Å². The van der Waals surface area contributed by atoms with Crippen molar-refractivity contribution in [1.29, 1.82) is 0 Å². The van der Waals surface area contributed by atoms with Crippen molar-refractivity contribution in [2.24, 2.45) is 0 Å². The number of nitrogens with two attached hydrogens (primary N) is 1. The summed E-state index contributed by atoms with van der Waals surface area (Å²) >= 11 is 1.14. The smallest absolute Gasteiger partial charge is 0.330 e. The van der Waals surface area contributed by atoms with Gasteiger partial charge in [-0.2, -0.15) is 0 Å². The molecule has 0 saturated heterocycles. The van der Waals surface area contributed by atoms with Crippen molar-refractivity contribution in [3.05, 3.63) is 63.6 Å². The van der Waals surface area contributed by atoms with Crippen molar-refractivity contribution in [3.8, 4) is 11.4 Å². The first-order valence-corrected chi connectivity index (χ1v) is 10.2. The fourth-order valence-electron chi connectivity index (χ4n) is 3.14. The summed E-state index contributed by atoms with van der Waals surface area (Å²) in [6, 6.07) is 3.56. The molecule has 0 spiro atoms. The Morgan fingerprint density at radius 2 is 2.03 bits per heavy atom. The number of allylic oxidation sites excluding steroid dienone is 1. The number of rotatable bonds is 8. The number of ketones is 1. The fourth-order valence-corrected chi connectivity index (χ4v) is 3.96. The number of thioether (sulfide) groups is 1. The lowest BCUT2D eigenvalue weighted by atomic mass is 10.2. The zero-order valence-corrected chi connectivity index (χ0v) is 16.8. The third-order valence-corrected chi connectivity index (χ3v) is 5.64. The third kappa shape index (κ3) is 3.71. The number of anilines is 1. The van der Waals surface area contributed by atoms with E-state index in [9.17, 15) is 14.4 Å². The summed E-state index contributed by atoms with van der Waals surface area (Å²) in [6.45, 7) is 4.20. The van der Waals surface area contributed by atoms with E-state index >= 15 is 0 Å². The highest BCUT2D eigenvalue weighted by Crippen LogP contribution is 2.35. The van der Waals surface area contributed by atoms with Gasteiger partial charge >= 0.3 is 5.69 Å². The monoisotopic (exact) mass is 425 g/mol. The van der Waals surface area contributed by atoms with Crippen LogP contribution in [0.5, 0.6) is 0 Å². The van der Waals surface area contributed by atoms with Crippen molar-refractivity contribution in [2.75, 3.05) is 11.5 Å². The van der Waals surface area contributed by atoms with Crippen LogP contribution in [-0.4, -0.2) is 40.8 Å². The normalized spacial score (nSPS) is 13.3. The van der Waals surface area contributed by atoms with Crippen molar-refractivity contribution >= 4 is 23.4 Å². The van der Waals surface area contributed by atoms with Gasteiger partial charge in [-0.1, -0.05) is 17.8 Å². The molecule has 3 aromatic rings. The molecule has 154 valence electrons. The molecule has 0 amide bonds. The summed E-state index contributed by atoms with van der Waals surface area (Å²) in [5.41, 5.74) is 5.29. The number of pyridine rings is 1. The molecule has 3 heterocycles. The molecule has 1 aliphatic carbocycles. The van der Waals surface area contributed by atoms with Crippen molar-refractivity contribution in [3.63, 3.8) is 0 Å². The van der Waals surface area contributed by atoms with Gasteiger partial charge in [0.15, 0.2) is 16.8 Å². The van der Waals surface area contributed by atoms with Gasteiger partial charge in [-0.15, -0.1) is 16.8 Å². The van der Waals surface area contributed by atoms with Crippen LogP contribution in [-0.2, 0) is 6.54 Å². The summed E-state index contributed by atoms with van der Waals surface area (Å²) in [6.07, 6.45) is 6.60. The van der Waals surface area contributed by atoms with Crippen LogP contribution in [0.15, 0.2) is 51.9 Å². The lowest BCUT2D eigenvalue weighted by molar-refractivity contribution is 0.102. The maximum absolute atomic E-state index is 12.8. The van der Waals surface area contributed by atoms with Crippen LogP contribution in [0.25, 0.3) is 11.4 Å². The average Bonchev–Trinajstić information content (AvgIpc) is 3.47. The second-order valence-corrected chi connectivity index (χ2v) is 7.72. The minimum Gasteiger partial charge on any atom is -0.384 e. The first-order chi connectivity index (χ1) is 14.5. The van der Waals surface area contributed by atoms with E-state index in [1.165, 1.54) is 4.57 Å². The number of H-pyrrole nitrogens is 1. The molecule has 0 unspecified atom stereocenters. The molecule has 1 aliphatic rings. The molecular formula is C19H19N7O3S. The molecule has 0 bridgehead atoms. The molecule has 4 rings (SSSR count). The first-order valence-electron chi connectivity index (χ1n) is 9.26. The Morgan fingerprint density at radius 3 is 2.70 bits per heavy atom. The lowest BCUT2D eigenvalue weighted by Gasteiger charge is -2.11. The van der Waals surface area contributed by atoms with Crippen LogP contribution in [0, 0.1) is 0 Å². The Kier molecular flexibility index (Phi) is 5.36. The fraction of sp³-hybridized carbons (Fsp3) is 0.263. The minimum atomic E-state index is -0.773. The topological polar surface area (TPSA) is 142 Å². The molecule has 1 fully saturated rings. The number of nitrogens with zero attached hydrogens (tertiary/aromatic N) is 5. The van der Waals surface area contributed by atoms with Gasteiger partial charge in [-0.05, 0) is 25.0 Å². The first kappa shape index (κ1) is 19.8. The summed E-state index contributed by atoms with van der Waals surface area (Å²) in [5.74, 6) is -0.0255. The van der Waals surface area contributed by atoms with Crippen LogP contribution in [0.1, 0.15) is 29.2 Å². The van der Waals surface area contributed by atoms with Gasteiger partial charge in [-0.25, -0.2) is 4.79 Å². The zero-order valence-electron chi connectivity index (χ0n) is 15.9. The van der Waals surface area contributed by atoms with Crippen LogP contribution in [0.2, 0.25) is 0 Å². The van der Waals surface area contributed by atoms with Gasteiger partial charge < -0.3 is 5.73 Å². The predicted molar refractivity (Wildman–Crippen MR) is 113 cm³/mol. The van der Waals surface area contributed by atoms with Crippen LogP contribution >= 0.6 is 11.8 Å². The number of aromatic amines is 1. The van der Waals surface area contributed by atoms with Crippen molar-refractivity contribution in [2.45, 2.75) is 30.6 Å². The number of carbonyl (C=O) groups is 1. The Morgan fingerprint density at radius 1 is 1.30 bits per heavy atom. The molecule has 1 saturated carbocycles. The number of nitrogens with one attached hydrogen (secondary N) is 1. The second-order valence-electron chi connectivity index (χ2n) is 6.77. The van der Waals surface area contributed by atoms with E-state index in [1.54, 1.807) is 18.5 Å². The van der Waals surface area contributed by atoms with Crippen LogP contribution in [0.4, 0.5) is 5.82 Å². The highest BCUT2D eigenvalue weighted by Gasteiger charge is 2.30. The molecule has 0 atom stereocenters. The van der Waals surface area contributed by atoms with E-state index in [0.717, 1.165) is 30.2 Å². The number of hydrogen-bond acceptors (Lipinski definition) is 8. The van der Waals surface area contributed by atoms with E-state index in [0.29, 0.717) is 17.5 Å². The Hall–Kier alpha value is -3.47. The predicted octanol–water partition coefficient (Wildman–Crippen LogP) is 1.27. The number of Topliss-reactive ketones (excluding diaryl/α,β-unsaturated/α-hetero) is 1. The highest BCUT2D eigenvalue weighted by molar-refractivity contribution is 7.99. The van der Waals surface area contributed by atoms with E-state index in [2.05, 4.69) is 26.7 Å². The molecule has 0 aliphatic heterocycles. The summed E-state index contributed by atoms with van der Waals surface area (Å²) in [5, 5.41) is 8.89. The second kappa shape index (κ2) is 8.11. The number of nitrogen functional groups attached to an aromatic ring is 1. The molecule has 0 radical (unpaired) electrons. The zero-order chi connectivity index (χ0) is 21.3. The quantitative estimate of drug-likeness (QED) is 0.312. The van der Waals surface area contributed by atoms with Gasteiger partial charge in [0.05, 0.1) is 5.75 Å². The third-order valence-electron chi connectivity index (χ3n) is 4.67. The maximum Gasteiger partial charge on any atom is 0.330 e. The lowest BCUT2D eigenvalue weighted by Crippen LogP contribution is -2.36. The Balaban J connectivity index is 1.60. The molecular weight excluding hydrogens is 406 g/mol. The molecule has 3 aromatic heterocycles. The van der Waals surface area contributed by atoms with Gasteiger partial charge in [0.25, 0.3) is 5.56 Å². The number of hydrogen-bond donors (Lipinski definition) is 2. The van der Waals surface area contributed by atoms with E-state index in [-0.39, 0.29) is 23.2 Å². The summed E-state index contributed by atoms with van der Waals surface area (Å²) < 4.78 is 3.11. The highest BCUT2D eigenvalue weighted by atomic mass is 32.2. The van der Waals surface area contributed by atoms with Gasteiger partial charge in [0.1, 0.15) is 11.4 Å². The average molecular weight is 425 g/mol. The largest absolute Gasteiger partial charge is 0.384 e. The van der Waals surface area contributed by atoms with Gasteiger partial charge in [0.2, 0.25) is 0 Å². The van der Waals surface area contributed by atoms with Crippen molar-refractivity contribution in [1.82, 2.24) is 29.3 Å².